The van der Waals surface area contributed by atoms with Crippen LogP contribution < -0.4 is 0 Å². The van der Waals surface area contributed by atoms with Gasteiger partial charge in [-0.1, -0.05) is 0 Å². The molecule has 0 fully saturated rings. The second-order valence-corrected chi connectivity index (χ2v) is 2.11. The number of hydrogen-bond acceptors (Lipinski definition) is 0. The second-order valence-electron chi connectivity index (χ2n) is 2.11. The highest BCUT2D eigenvalue weighted by atomic mass is 14.1. The van der Waals surface area contributed by atoms with E-state index in [0.29, 0.717) is 0 Å². The summed E-state index contributed by atoms with van der Waals surface area (Å²) < 4.78 is 0. The van der Waals surface area contributed by atoms with Crippen LogP contribution in [0.15, 0.2) is 24.3 Å². The Bertz CT molecular complexity index is 178. The lowest BCUT2D eigenvalue weighted by atomic mass is 9.89. The second kappa shape index (κ2) is 1.28. The Morgan fingerprint density at radius 2 is 2.12 bits per heavy atom. The Morgan fingerprint density at radius 3 is 2.50 bits per heavy atom. The van der Waals surface area contributed by atoms with Crippen molar-refractivity contribution in [1.29, 1.82) is 0 Å². The smallest absolute Gasteiger partial charge is 0.0353 e. The zero-order valence-electron chi connectivity index (χ0n) is 4.59. The third kappa shape index (κ3) is 0.374. The summed E-state index contributed by atoms with van der Waals surface area (Å²) >= 11 is 0. The molecule has 1 aromatic rings. The van der Waals surface area contributed by atoms with Gasteiger partial charge in [-0.25, -0.2) is 0 Å². The minimum Gasteiger partial charge on any atom is -0.0353 e. The Hall–Kier alpha value is -0.910. The van der Waals surface area contributed by atoms with E-state index >= 15 is 0 Å². The van der Waals surface area contributed by atoms with E-state index < -0.39 is 0 Å². The standard InChI is InChI=1S/C8H7/c1-2-4-8-6-5-7(8)3-1/h1-5H,6H2/q+1. The first-order valence-corrected chi connectivity index (χ1v) is 2.88. The van der Waals surface area contributed by atoms with Crippen LogP contribution in [0.1, 0.15) is 11.1 Å². The van der Waals surface area contributed by atoms with Crippen LogP contribution in [0.2, 0.25) is 0 Å². The SMILES string of the molecule is c1ccc2c(c1)[CH+]C2. The van der Waals surface area contributed by atoms with Gasteiger partial charge in [0, 0.05) is 18.6 Å². The molecular formula is C8H7+. The summed E-state index contributed by atoms with van der Waals surface area (Å²) in [7, 11) is 0. The normalized spacial score (nSPS) is 13.5. The maximum atomic E-state index is 2.25. The molecule has 0 spiro atoms. The molecule has 0 N–H and O–H groups in total. The van der Waals surface area contributed by atoms with Crippen molar-refractivity contribution in [1.82, 2.24) is 0 Å². The highest BCUT2D eigenvalue weighted by Crippen LogP contribution is 2.22. The van der Waals surface area contributed by atoms with Gasteiger partial charge in [0.25, 0.3) is 0 Å². The molecule has 1 aliphatic rings. The van der Waals surface area contributed by atoms with Crippen LogP contribution >= 0.6 is 0 Å². The molecule has 0 aromatic heterocycles. The monoisotopic (exact) mass is 103 g/mol. The van der Waals surface area contributed by atoms with Crippen LogP contribution in [0.25, 0.3) is 0 Å². The molecule has 8 heavy (non-hydrogen) atoms. The van der Waals surface area contributed by atoms with Crippen molar-refractivity contribution in [2.24, 2.45) is 0 Å². The Kier molecular flexibility index (Phi) is 0.644. The van der Waals surface area contributed by atoms with Crippen LogP contribution in [0.4, 0.5) is 0 Å². The molecule has 0 atom stereocenters. The Balaban J connectivity index is 2.62. The van der Waals surface area contributed by atoms with E-state index in [9.17, 15) is 0 Å². The minimum atomic E-state index is 1.18. The molecule has 38 valence electrons. The Morgan fingerprint density at radius 1 is 1.25 bits per heavy atom. The molecule has 1 aromatic carbocycles. The lowest BCUT2D eigenvalue weighted by molar-refractivity contribution is 1.04. The maximum Gasteiger partial charge on any atom is 0.135 e. The quantitative estimate of drug-likeness (QED) is 0.439. The van der Waals surface area contributed by atoms with Gasteiger partial charge in [-0.15, -0.1) is 0 Å². The van der Waals surface area contributed by atoms with Crippen LogP contribution in [0.3, 0.4) is 0 Å². The molecule has 0 bridgehead atoms. The van der Waals surface area contributed by atoms with E-state index in [0.717, 1.165) is 0 Å². The first kappa shape index (κ1) is 4.02. The van der Waals surface area contributed by atoms with Crippen LogP contribution in [0, 0.1) is 6.42 Å². The van der Waals surface area contributed by atoms with Gasteiger partial charge in [0.05, 0.1) is 12.0 Å². The largest absolute Gasteiger partial charge is 0.135 e. The summed E-state index contributed by atoms with van der Waals surface area (Å²) in [6.45, 7) is 0. The topological polar surface area (TPSA) is 0 Å². The van der Waals surface area contributed by atoms with Gasteiger partial charge in [-0.2, -0.15) is 0 Å². The summed E-state index contributed by atoms with van der Waals surface area (Å²) in [5, 5.41) is 0. The van der Waals surface area contributed by atoms with E-state index in [2.05, 4.69) is 30.7 Å². The number of hydrogen-bond donors (Lipinski definition) is 0. The van der Waals surface area contributed by atoms with E-state index in [1.165, 1.54) is 17.5 Å². The molecule has 0 unspecified atom stereocenters. The zero-order chi connectivity index (χ0) is 5.40. The molecule has 0 nitrogen and oxygen atoms in total. The molecule has 2 rings (SSSR count). The first-order chi connectivity index (χ1) is 3.97. The lowest BCUT2D eigenvalue weighted by Crippen LogP contribution is -2.03. The molecule has 0 aliphatic heterocycles. The van der Waals surface area contributed by atoms with Gasteiger partial charge < -0.3 is 0 Å². The maximum absolute atomic E-state index is 2.25. The molecule has 0 saturated carbocycles. The summed E-state index contributed by atoms with van der Waals surface area (Å²) in [4.78, 5) is 0. The van der Waals surface area contributed by atoms with Gasteiger partial charge in [0.2, 0.25) is 0 Å². The molecule has 0 heterocycles. The van der Waals surface area contributed by atoms with Gasteiger partial charge in [-0.05, 0) is 12.1 Å². The van der Waals surface area contributed by atoms with Crippen molar-refractivity contribution in [2.75, 3.05) is 0 Å². The summed E-state index contributed by atoms with van der Waals surface area (Å²) in [6, 6.07) is 8.49. The van der Waals surface area contributed by atoms with Crippen molar-refractivity contribution >= 4 is 0 Å². The predicted molar refractivity (Wildman–Crippen MR) is 33.5 cm³/mol. The minimum absolute atomic E-state index is 1.18. The zero-order valence-corrected chi connectivity index (χ0v) is 4.59. The van der Waals surface area contributed by atoms with Crippen molar-refractivity contribution in [3.8, 4) is 0 Å². The summed E-state index contributed by atoms with van der Waals surface area (Å²) in [6.07, 6.45) is 3.42. The van der Waals surface area contributed by atoms with E-state index in [1.54, 1.807) is 0 Å². The van der Waals surface area contributed by atoms with E-state index in [-0.39, 0.29) is 0 Å². The van der Waals surface area contributed by atoms with Crippen molar-refractivity contribution < 1.29 is 0 Å². The van der Waals surface area contributed by atoms with E-state index in [4.69, 9.17) is 0 Å². The fraction of sp³-hybridized carbons (Fsp3) is 0.125. The van der Waals surface area contributed by atoms with Crippen LogP contribution in [0.5, 0.6) is 0 Å². The molecule has 0 radical (unpaired) electrons. The average molecular weight is 103 g/mol. The number of benzene rings is 1. The fourth-order valence-corrected chi connectivity index (χ4v) is 1.01. The van der Waals surface area contributed by atoms with Gasteiger partial charge in [0.1, 0.15) is 5.56 Å². The van der Waals surface area contributed by atoms with E-state index in [1.807, 2.05) is 0 Å². The van der Waals surface area contributed by atoms with Crippen molar-refractivity contribution in [3.63, 3.8) is 0 Å². The predicted octanol–water partition coefficient (Wildman–Crippen LogP) is 1.80. The number of fused-ring (bicyclic) bond motifs is 1. The summed E-state index contributed by atoms with van der Waals surface area (Å²) in [5.41, 5.74) is 2.92. The van der Waals surface area contributed by atoms with Gasteiger partial charge in [0.15, 0.2) is 0 Å². The molecule has 0 amide bonds. The Labute approximate surface area is 49.2 Å². The first-order valence-electron chi connectivity index (χ1n) is 2.88. The van der Waals surface area contributed by atoms with Crippen LogP contribution in [-0.4, -0.2) is 0 Å². The summed E-state index contributed by atoms with van der Waals surface area (Å²) in [5.74, 6) is 0. The van der Waals surface area contributed by atoms with Crippen LogP contribution in [-0.2, 0) is 6.42 Å². The van der Waals surface area contributed by atoms with Crippen molar-refractivity contribution in [2.45, 2.75) is 6.42 Å². The highest BCUT2D eigenvalue weighted by molar-refractivity contribution is 5.42. The van der Waals surface area contributed by atoms with Gasteiger partial charge in [-0.3, -0.25) is 0 Å². The third-order valence-corrected chi connectivity index (χ3v) is 1.60. The number of rotatable bonds is 0. The molecule has 0 heteroatoms. The lowest BCUT2D eigenvalue weighted by Gasteiger charge is -2.05. The molecule has 0 saturated heterocycles. The highest BCUT2D eigenvalue weighted by Gasteiger charge is 2.20. The molecular weight excluding hydrogens is 96.1 g/mol. The van der Waals surface area contributed by atoms with Crippen molar-refractivity contribution in [3.05, 3.63) is 41.8 Å². The average Bonchev–Trinajstić information content (AvgIpc) is 1.72. The third-order valence-electron chi connectivity index (χ3n) is 1.60. The van der Waals surface area contributed by atoms with Gasteiger partial charge >= 0.3 is 0 Å². The fourth-order valence-electron chi connectivity index (χ4n) is 1.01. The molecule has 1 aliphatic carbocycles.